The van der Waals surface area contributed by atoms with Crippen LogP contribution in [0.3, 0.4) is 0 Å². The van der Waals surface area contributed by atoms with E-state index in [9.17, 15) is 9.59 Å². The normalized spacial score (nSPS) is 10.2. The van der Waals surface area contributed by atoms with E-state index >= 15 is 0 Å². The van der Waals surface area contributed by atoms with E-state index in [0.29, 0.717) is 11.6 Å². The van der Waals surface area contributed by atoms with Gasteiger partial charge in [-0.05, 0) is 23.6 Å². The fraction of sp³-hybridized carbons (Fsp3) is 0.385. The molecule has 1 aromatic rings. The van der Waals surface area contributed by atoms with Crippen LogP contribution in [0.5, 0.6) is 0 Å². The second-order valence-corrected chi connectivity index (χ2v) is 4.10. The fourth-order valence-corrected chi connectivity index (χ4v) is 1.42. The van der Waals surface area contributed by atoms with E-state index in [-0.39, 0.29) is 0 Å². The maximum atomic E-state index is 11.5. The van der Waals surface area contributed by atoms with Crippen LogP contribution in [0.2, 0.25) is 0 Å². The molecule has 17 heavy (non-hydrogen) atoms. The maximum absolute atomic E-state index is 11.5. The maximum Gasteiger partial charge on any atom is 0.397 e. The van der Waals surface area contributed by atoms with Gasteiger partial charge in [0.2, 0.25) is 0 Å². The molecule has 4 heteroatoms. The Hall–Kier alpha value is -1.84. The number of esters is 1. The summed E-state index contributed by atoms with van der Waals surface area (Å²) in [6.07, 6.45) is 0. The van der Waals surface area contributed by atoms with E-state index in [1.54, 1.807) is 7.05 Å². The zero-order valence-electron chi connectivity index (χ0n) is 10.6. The summed E-state index contributed by atoms with van der Waals surface area (Å²) in [6.45, 7) is 4.19. The number of anilines is 1. The van der Waals surface area contributed by atoms with Gasteiger partial charge in [0.1, 0.15) is 0 Å². The molecule has 0 aromatic heterocycles. The predicted octanol–water partition coefficient (Wildman–Crippen LogP) is 1.95. The van der Waals surface area contributed by atoms with Crippen molar-refractivity contribution in [3.8, 4) is 0 Å². The minimum Gasteiger partial charge on any atom is -0.462 e. The first-order chi connectivity index (χ1) is 7.97. The summed E-state index contributed by atoms with van der Waals surface area (Å²) < 4.78 is 4.39. The second-order valence-electron chi connectivity index (χ2n) is 4.10. The standard InChI is InChI=1S/C13H17NO3/c1-9(2)10-5-7-11(8-6-10)14(3)12(15)13(16)17-4/h5-9H,1-4H3. The lowest BCUT2D eigenvalue weighted by Gasteiger charge is -2.16. The number of carbonyl (C=O) groups is 2. The topological polar surface area (TPSA) is 46.6 Å². The van der Waals surface area contributed by atoms with Gasteiger partial charge in [-0.3, -0.25) is 4.79 Å². The van der Waals surface area contributed by atoms with Crippen LogP contribution in [-0.4, -0.2) is 26.0 Å². The molecule has 0 N–H and O–H groups in total. The highest BCUT2D eigenvalue weighted by Crippen LogP contribution is 2.19. The molecule has 0 aliphatic rings. The molecular weight excluding hydrogens is 218 g/mol. The molecule has 0 radical (unpaired) electrons. The van der Waals surface area contributed by atoms with Crippen LogP contribution in [0.15, 0.2) is 24.3 Å². The lowest BCUT2D eigenvalue weighted by molar-refractivity contribution is -0.151. The Morgan fingerprint density at radius 1 is 1.18 bits per heavy atom. The molecule has 1 amide bonds. The first-order valence-electron chi connectivity index (χ1n) is 5.43. The largest absolute Gasteiger partial charge is 0.462 e. The van der Waals surface area contributed by atoms with Gasteiger partial charge in [0.15, 0.2) is 0 Å². The van der Waals surface area contributed by atoms with Gasteiger partial charge in [-0.1, -0.05) is 26.0 Å². The van der Waals surface area contributed by atoms with Gasteiger partial charge in [-0.25, -0.2) is 4.79 Å². The van der Waals surface area contributed by atoms with Gasteiger partial charge in [0, 0.05) is 12.7 Å². The van der Waals surface area contributed by atoms with Crippen molar-refractivity contribution >= 4 is 17.6 Å². The molecule has 4 nitrogen and oxygen atoms in total. The SMILES string of the molecule is COC(=O)C(=O)N(C)c1ccc(C(C)C)cc1. The molecule has 1 rings (SSSR count). The zero-order chi connectivity index (χ0) is 13.0. The van der Waals surface area contributed by atoms with E-state index in [0.717, 1.165) is 0 Å². The first kappa shape index (κ1) is 13.2. The van der Waals surface area contributed by atoms with E-state index in [1.165, 1.54) is 17.6 Å². The van der Waals surface area contributed by atoms with Crippen LogP contribution in [0, 0.1) is 0 Å². The van der Waals surface area contributed by atoms with Crippen molar-refractivity contribution in [2.75, 3.05) is 19.1 Å². The molecule has 0 atom stereocenters. The minimum atomic E-state index is -0.861. The average molecular weight is 235 g/mol. The Morgan fingerprint density at radius 2 is 1.71 bits per heavy atom. The smallest absolute Gasteiger partial charge is 0.397 e. The van der Waals surface area contributed by atoms with E-state index < -0.39 is 11.9 Å². The van der Waals surface area contributed by atoms with Crippen molar-refractivity contribution in [3.63, 3.8) is 0 Å². The fourth-order valence-electron chi connectivity index (χ4n) is 1.42. The lowest BCUT2D eigenvalue weighted by atomic mass is 10.0. The highest BCUT2D eigenvalue weighted by atomic mass is 16.5. The molecule has 1 aromatic carbocycles. The Labute approximate surface area is 101 Å². The minimum absolute atomic E-state index is 0.436. The number of ether oxygens (including phenoxy) is 1. The Morgan fingerprint density at radius 3 is 2.12 bits per heavy atom. The third-order valence-electron chi connectivity index (χ3n) is 2.61. The average Bonchev–Trinajstić information content (AvgIpc) is 2.36. The van der Waals surface area contributed by atoms with Crippen molar-refractivity contribution in [3.05, 3.63) is 29.8 Å². The molecular formula is C13H17NO3. The van der Waals surface area contributed by atoms with Gasteiger partial charge in [0.05, 0.1) is 7.11 Å². The van der Waals surface area contributed by atoms with Crippen LogP contribution in [0.4, 0.5) is 5.69 Å². The number of carbonyl (C=O) groups excluding carboxylic acids is 2. The molecule has 0 heterocycles. The van der Waals surface area contributed by atoms with Crippen molar-refractivity contribution in [1.29, 1.82) is 0 Å². The van der Waals surface area contributed by atoms with Crippen molar-refractivity contribution in [1.82, 2.24) is 0 Å². The van der Waals surface area contributed by atoms with Crippen LogP contribution < -0.4 is 4.90 Å². The van der Waals surface area contributed by atoms with E-state index in [4.69, 9.17) is 0 Å². The molecule has 0 aliphatic carbocycles. The number of nitrogens with zero attached hydrogens (tertiary/aromatic N) is 1. The molecule has 0 spiro atoms. The predicted molar refractivity (Wildman–Crippen MR) is 66.0 cm³/mol. The molecule has 0 saturated heterocycles. The molecule has 0 fully saturated rings. The first-order valence-corrected chi connectivity index (χ1v) is 5.43. The number of benzene rings is 1. The number of hydrogen-bond acceptors (Lipinski definition) is 3. The quantitative estimate of drug-likeness (QED) is 0.581. The third kappa shape index (κ3) is 3.06. The summed E-state index contributed by atoms with van der Waals surface area (Å²) in [5.74, 6) is -1.10. The summed E-state index contributed by atoms with van der Waals surface area (Å²) in [5.41, 5.74) is 1.86. The number of rotatable bonds is 2. The van der Waals surface area contributed by atoms with Crippen LogP contribution in [0.1, 0.15) is 25.3 Å². The highest BCUT2D eigenvalue weighted by Gasteiger charge is 2.20. The Balaban J connectivity index is 2.86. The zero-order valence-corrected chi connectivity index (χ0v) is 10.6. The third-order valence-corrected chi connectivity index (χ3v) is 2.61. The summed E-state index contributed by atoms with van der Waals surface area (Å²) in [6, 6.07) is 7.52. The number of likely N-dealkylation sites (N-methyl/N-ethyl adjacent to an activating group) is 1. The van der Waals surface area contributed by atoms with Gasteiger partial charge in [-0.2, -0.15) is 0 Å². The van der Waals surface area contributed by atoms with Crippen LogP contribution in [-0.2, 0) is 14.3 Å². The lowest BCUT2D eigenvalue weighted by Crippen LogP contribution is -2.33. The molecule has 0 unspecified atom stereocenters. The Kier molecular flexibility index (Phi) is 4.26. The van der Waals surface area contributed by atoms with Gasteiger partial charge in [0.25, 0.3) is 0 Å². The highest BCUT2D eigenvalue weighted by molar-refractivity contribution is 6.37. The number of amides is 1. The molecule has 0 bridgehead atoms. The van der Waals surface area contributed by atoms with Gasteiger partial charge in [-0.15, -0.1) is 0 Å². The summed E-state index contributed by atoms with van der Waals surface area (Å²) in [4.78, 5) is 23.9. The summed E-state index contributed by atoms with van der Waals surface area (Å²) >= 11 is 0. The van der Waals surface area contributed by atoms with E-state index in [1.807, 2.05) is 24.3 Å². The summed E-state index contributed by atoms with van der Waals surface area (Å²) in [5, 5.41) is 0. The van der Waals surface area contributed by atoms with Gasteiger partial charge >= 0.3 is 11.9 Å². The second kappa shape index (κ2) is 5.48. The summed E-state index contributed by atoms with van der Waals surface area (Å²) in [7, 11) is 2.74. The van der Waals surface area contributed by atoms with Gasteiger partial charge < -0.3 is 9.64 Å². The number of methoxy groups -OCH3 is 1. The number of hydrogen-bond donors (Lipinski definition) is 0. The van der Waals surface area contributed by atoms with Crippen molar-refractivity contribution in [2.45, 2.75) is 19.8 Å². The molecule has 0 saturated carbocycles. The van der Waals surface area contributed by atoms with Crippen LogP contribution >= 0.6 is 0 Å². The Bertz CT molecular complexity index is 409. The van der Waals surface area contributed by atoms with E-state index in [2.05, 4.69) is 18.6 Å². The van der Waals surface area contributed by atoms with Crippen molar-refractivity contribution in [2.24, 2.45) is 0 Å². The molecule has 0 aliphatic heterocycles. The monoisotopic (exact) mass is 235 g/mol. The molecule has 92 valence electrons. The van der Waals surface area contributed by atoms with Crippen LogP contribution in [0.25, 0.3) is 0 Å². The van der Waals surface area contributed by atoms with Crippen molar-refractivity contribution < 1.29 is 14.3 Å².